The zero-order chi connectivity index (χ0) is 9.94. The van der Waals surface area contributed by atoms with Gasteiger partial charge in [-0.1, -0.05) is 0 Å². The van der Waals surface area contributed by atoms with Gasteiger partial charge in [0, 0.05) is 18.7 Å². The quantitative estimate of drug-likeness (QED) is 0.540. The Morgan fingerprint density at radius 1 is 1.38 bits per heavy atom. The van der Waals surface area contributed by atoms with Crippen molar-refractivity contribution in [1.29, 1.82) is 0 Å². The van der Waals surface area contributed by atoms with Crippen molar-refractivity contribution in [1.82, 2.24) is 0 Å². The minimum Gasteiger partial charge on any atom is -0.481 e. The number of carboxylic acid groups (broad SMARTS) is 1. The van der Waals surface area contributed by atoms with Gasteiger partial charge in [-0.15, -0.1) is 0 Å². The predicted octanol–water partition coefficient (Wildman–Crippen LogP) is 0.560. The summed E-state index contributed by atoms with van der Waals surface area (Å²) < 4.78 is 5.15. The van der Waals surface area contributed by atoms with Crippen molar-refractivity contribution in [3.8, 4) is 0 Å². The van der Waals surface area contributed by atoms with E-state index >= 15 is 0 Å². The van der Waals surface area contributed by atoms with Crippen LogP contribution in [0.25, 0.3) is 0 Å². The van der Waals surface area contributed by atoms with Crippen LogP contribution in [0.1, 0.15) is 12.8 Å². The Morgan fingerprint density at radius 3 is 2.77 bits per heavy atom. The lowest BCUT2D eigenvalue weighted by molar-refractivity contribution is -0.137. The molecule has 0 radical (unpaired) electrons. The molecule has 0 atom stereocenters. The summed E-state index contributed by atoms with van der Waals surface area (Å²) in [6.07, 6.45) is 0.994. The van der Waals surface area contributed by atoms with Crippen LogP contribution in [0.4, 0.5) is 0 Å². The van der Waals surface area contributed by atoms with Crippen LogP contribution >= 0.6 is 11.8 Å². The number of hydrogen-bond donors (Lipinski definition) is 2. The van der Waals surface area contributed by atoms with Crippen molar-refractivity contribution >= 4 is 17.7 Å². The van der Waals surface area contributed by atoms with Gasteiger partial charge in [-0.3, -0.25) is 4.79 Å². The predicted molar refractivity (Wildman–Crippen MR) is 54.1 cm³/mol. The number of carbonyl (C=O) groups is 1. The minimum atomic E-state index is -0.722. The zero-order valence-electron chi connectivity index (χ0n) is 7.70. The van der Waals surface area contributed by atoms with Crippen molar-refractivity contribution < 1.29 is 14.6 Å². The molecule has 0 aromatic rings. The van der Waals surface area contributed by atoms with Crippen LogP contribution in [-0.2, 0) is 9.53 Å². The van der Waals surface area contributed by atoms with E-state index in [4.69, 9.17) is 15.6 Å². The lowest BCUT2D eigenvalue weighted by Crippen LogP contribution is -2.10. The van der Waals surface area contributed by atoms with Gasteiger partial charge in [-0.05, 0) is 12.2 Å². The Morgan fingerprint density at radius 2 is 2.15 bits per heavy atom. The van der Waals surface area contributed by atoms with Crippen LogP contribution in [0, 0.1) is 0 Å². The monoisotopic (exact) mass is 207 g/mol. The number of nitrogens with two attached hydrogens (primary N) is 1. The molecule has 0 aliphatic rings. The molecule has 3 N–H and O–H groups in total. The second-order valence-corrected chi connectivity index (χ2v) is 3.74. The number of rotatable bonds is 9. The highest BCUT2D eigenvalue weighted by Gasteiger charge is 1.96. The molecule has 0 amide bonds. The fourth-order valence-electron chi connectivity index (χ4n) is 0.731. The molecule has 0 aliphatic heterocycles. The highest BCUT2D eigenvalue weighted by molar-refractivity contribution is 7.99. The number of hydrogen-bond acceptors (Lipinski definition) is 4. The Balaban J connectivity index is 2.87. The van der Waals surface area contributed by atoms with Gasteiger partial charge in [0.15, 0.2) is 0 Å². The molecule has 0 aliphatic carbocycles. The fourth-order valence-corrected chi connectivity index (χ4v) is 1.52. The van der Waals surface area contributed by atoms with Crippen LogP contribution in [0.15, 0.2) is 0 Å². The van der Waals surface area contributed by atoms with Gasteiger partial charge >= 0.3 is 5.97 Å². The van der Waals surface area contributed by atoms with Gasteiger partial charge in [0.1, 0.15) is 0 Å². The minimum absolute atomic E-state index is 0.261. The molecule has 5 heteroatoms. The number of aliphatic carboxylic acids is 1. The van der Waals surface area contributed by atoms with E-state index in [-0.39, 0.29) is 6.42 Å². The lowest BCUT2D eigenvalue weighted by Gasteiger charge is -2.01. The third-order valence-electron chi connectivity index (χ3n) is 1.31. The molecule has 0 unspecified atom stereocenters. The second kappa shape index (κ2) is 9.83. The van der Waals surface area contributed by atoms with E-state index in [9.17, 15) is 4.79 Å². The summed E-state index contributed by atoms with van der Waals surface area (Å²) in [5.41, 5.74) is 5.23. The van der Waals surface area contributed by atoms with Crippen LogP contribution in [0.2, 0.25) is 0 Å². The van der Waals surface area contributed by atoms with E-state index in [0.717, 1.165) is 17.9 Å². The van der Waals surface area contributed by atoms with Gasteiger partial charge in [-0.2, -0.15) is 11.8 Å². The molecular formula is C8H17NO3S. The van der Waals surface area contributed by atoms with Crippen molar-refractivity contribution in [3.05, 3.63) is 0 Å². The largest absolute Gasteiger partial charge is 0.481 e. The Hall–Kier alpha value is -0.260. The van der Waals surface area contributed by atoms with E-state index in [1.165, 1.54) is 0 Å². The van der Waals surface area contributed by atoms with Gasteiger partial charge < -0.3 is 15.6 Å². The number of thioether (sulfide) groups is 1. The van der Waals surface area contributed by atoms with Crippen LogP contribution in [-0.4, -0.2) is 42.3 Å². The Labute approximate surface area is 82.8 Å². The van der Waals surface area contributed by atoms with Crippen molar-refractivity contribution in [3.63, 3.8) is 0 Å². The molecule has 4 nitrogen and oxygen atoms in total. The van der Waals surface area contributed by atoms with Crippen molar-refractivity contribution in [2.24, 2.45) is 5.73 Å². The average Bonchev–Trinajstić information content (AvgIpc) is 2.09. The molecule has 0 aromatic carbocycles. The summed E-state index contributed by atoms with van der Waals surface area (Å²) in [5, 5.41) is 8.34. The molecule has 78 valence electrons. The summed E-state index contributed by atoms with van der Waals surface area (Å²) in [4.78, 5) is 10.1. The zero-order valence-corrected chi connectivity index (χ0v) is 8.52. The van der Waals surface area contributed by atoms with Gasteiger partial charge in [0.05, 0.1) is 13.2 Å². The average molecular weight is 207 g/mol. The van der Waals surface area contributed by atoms with E-state index in [1.807, 2.05) is 0 Å². The van der Waals surface area contributed by atoms with Gasteiger partial charge in [-0.25, -0.2) is 0 Å². The summed E-state index contributed by atoms with van der Waals surface area (Å²) in [5.74, 6) is 1.08. The molecule has 0 saturated heterocycles. The topological polar surface area (TPSA) is 72.5 Å². The Bertz CT molecular complexity index is 133. The summed E-state index contributed by atoms with van der Waals surface area (Å²) in [6, 6.07) is 0. The molecule has 13 heavy (non-hydrogen) atoms. The molecule has 0 spiro atoms. The smallest absolute Gasteiger partial charge is 0.303 e. The molecule has 0 rings (SSSR count). The summed E-state index contributed by atoms with van der Waals surface area (Å²) >= 11 is 1.72. The van der Waals surface area contributed by atoms with E-state index in [0.29, 0.717) is 19.8 Å². The Kier molecular flexibility index (Phi) is 9.63. The fraction of sp³-hybridized carbons (Fsp3) is 0.875. The maximum absolute atomic E-state index is 10.1. The maximum atomic E-state index is 10.1. The second-order valence-electron chi connectivity index (χ2n) is 2.51. The van der Waals surface area contributed by atoms with Crippen LogP contribution < -0.4 is 5.73 Å². The standard InChI is InChI=1S/C8H17NO3S/c9-3-4-12-5-7-13-6-1-2-8(10)11/h1-7,9H2,(H,10,11). The SMILES string of the molecule is NCCOCCSCCCC(=O)O. The summed E-state index contributed by atoms with van der Waals surface area (Å²) in [7, 11) is 0. The van der Waals surface area contributed by atoms with Crippen LogP contribution in [0.3, 0.4) is 0 Å². The van der Waals surface area contributed by atoms with E-state index in [1.54, 1.807) is 11.8 Å². The molecule has 0 saturated carbocycles. The summed E-state index contributed by atoms with van der Waals surface area (Å²) in [6.45, 7) is 1.87. The number of carboxylic acids is 1. The maximum Gasteiger partial charge on any atom is 0.303 e. The molecular weight excluding hydrogens is 190 g/mol. The third kappa shape index (κ3) is 11.7. The first-order valence-corrected chi connectivity index (χ1v) is 5.50. The number of ether oxygens (including phenoxy) is 1. The molecule has 0 heterocycles. The lowest BCUT2D eigenvalue weighted by atomic mass is 10.3. The van der Waals surface area contributed by atoms with Gasteiger partial charge in [0.2, 0.25) is 0 Å². The normalized spacial score (nSPS) is 10.2. The molecule has 0 aromatic heterocycles. The molecule has 0 bridgehead atoms. The first-order chi connectivity index (χ1) is 6.27. The highest BCUT2D eigenvalue weighted by Crippen LogP contribution is 2.03. The molecule has 0 fully saturated rings. The van der Waals surface area contributed by atoms with Crippen molar-refractivity contribution in [2.75, 3.05) is 31.3 Å². The van der Waals surface area contributed by atoms with Crippen molar-refractivity contribution in [2.45, 2.75) is 12.8 Å². The third-order valence-corrected chi connectivity index (χ3v) is 2.35. The first kappa shape index (κ1) is 12.7. The van der Waals surface area contributed by atoms with Crippen LogP contribution in [0.5, 0.6) is 0 Å². The van der Waals surface area contributed by atoms with E-state index < -0.39 is 5.97 Å². The highest BCUT2D eigenvalue weighted by atomic mass is 32.2. The first-order valence-electron chi connectivity index (χ1n) is 4.34. The van der Waals surface area contributed by atoms with E-state index in [2.05, 4.69) is 0 Å². The van der Waals surface area contributed by atoms with Gasteiger partial charge in [0.25, 0.3) is 0 Å².